The van der Waals surface area contributed by atoms with Gasteiger partial charge in [0.15, 0.2) is 129 Å². The van der Waals surface area contributed by atoms with Gasteiger partial charge in [0.05, 0.1) is 51.1 Å². The molecule has 0 saturated carbocycles. The largest absolute Gasteiger partial charge is 0.340 e. The van der Waals surface area contributed by atoms with Gasteiger partial charge in [-0.1, -0.05) is 24.3 Å². The molecule has 4 aromatic heterocycles. The zero-order chi connectivity index (χ0) is 61.2. The molecule has 12 rings (SSSR count). The number of H-pyrrole nitrogens is 2. The first-order valence-electron chi connectivity index (χ1n) is 23.8. The molecule has 4 atom stereocenters. The molecule has 2 aliphatic heterocycles. The summed E-state index contributed by atoms with van der Waals surface area (Å²) >= 11 is 0. The molecule has 0 saturated heterocycles. The third kappa shape index (κ3) is 9.51. The SMILES string of the molecule is N#C/C(=C1/N=c2cccc(F)c2=N1)c1nc(-c2c(F)c(F)c(F)c(F)c2F)nc(C(C#N)C2N=c3cccc(F)c3=N2)n1.N#CC(c1nc(-c2c(F)c(F)c(F)c(F)c2F)nc(C(C#N)c2nc3c(F)cccc3[nH]2)n1)c1nc2c(F)cccc2[nH]1. The van der Waals surface area contributed by atoms with Crippen LogP contribution in [0.3, 0.4) is 0 Å². The van der Waals surface area contributed by atoms with Crippen molar-refractivity contribution in [3.8, 4) is 47.1 Å². The van der Waals surface area contributed by atoms with Crippen LogP contribution in [-0.4, -0.2) is 56.0 Å². The maximum Gasteiger partial charge on any atom is 0.200 e. The van der Waals surface area contributed by atoms with Crippen molar-refractivity contribution >= 4 is 27.6 Å². The maximum absolute atomic E-state index is 14.9. The summed E-state index contributed by atoms with van der Waals surface area (Å²) in [6.45, 7) is 0. The summed E-state index contributed by atoms with van der Waals surface area (Å²) in [6.07, 6.45) is -1.42. The van der Waals surface area contributed by atoms with Gasteiger partial charge in [-0.15, -0.1) is 0 Å². The number of allylic oxidation sites excluding steroid dienone is 1. The quantitative estimate of drug-likeness (QED) is 0.0600. The summed E-state index contributed by atoms with van der Waals surface area (Å²) in [5, 5.41) is 39.6. The second kappa shape index (κ2) is 21.8. The van der Waals surface area contributed by atoms with Gasteiger partial charge in [0.2, 0.25) is 11.6 Å². The smallest absolute Gasteiger partial charge is 0.200 e. The molecule has 10 aromatic rings. The highest BCUT2D eigenvalue weighted by Gasteiger charge is 2.36. The molecule has 32 heteroatoms. The highest BCUT2D eigenvalue weighted by atomic mass is 19.2. The Hall–Kier alpha value is -11.8. The van der Waals surface area contributed by atoms with E-state index < -0.39 is 163 Å². The number of aromatic amines is 2. The Labute approximate surface area is 466 Å². The molecule has 86 heavy (non-hydrogen) atoms. The number of rotatable bonds is 9. The van der Waals surface area contributed by atoms with Crippen LogP contribution in [0.5, 0.6) is 0 Å². The van der Waals surface area contributed by atoms with Gasteiger partial charge < -0.3 is 9.97 Å². The van der Waals surface area contributed by atoms with Crippen LogP contribution >= 0.6 is 0 Å². The van der Waals surface area contributed by atoms with Crippen molar-refractivity contribution in [2.45, 2.75) is 23.9 Å². The maximum atomic E-state index is 14.9. The molecule has 4 unspecified atom stereocenters. The van der Waals surface area contributed by atoms with Gasteiger partial charge in [0.25, 0.3) is 0 Å². The predicted octanol–water partition coefficient (Wildman–Crippen LogP) is 8.12. The molecule has 0 radical (unpaired) electrons. The summed E-state index contributed by atoms with van der Waals surface area (Å²) in [5.41, 5.74) is -3.83. The first kappa shape index (κ1) is 56.1. The number of hydrogen-bond acceptors (Lipinski definition) is 16. The standard InChI is InChI=1S/C27H10F7N9.C27H8F7N9/c2*28-11-3-1-5-13-21(11)39-23(37-13)9(7-35)25-41-26(10(8-36)24-38-14-6-2-4-12(29)22(14)40-24)43-27(42-25)15-16(30)18(32)20(34)19(33)17(15)31/h1-6,9-10H,(H,37,39)(H,38,40);1-6,9,23H/b;24-10+. The van der Waals surface area contributed by atoms with Gasteiger partial charge in [0, 0.05) is 0 Å². The van der Waals surface area contributed by atoms with E-state index in [-0.39, 0.29) is 55.1 Å². The van der Waals surface area contributed by atoms with Crippen LogP contribution in [0.15, 0.2) is 98.6 Å². The fourth-order valence-corrected chi connectivity index (χ4v) is 8.63. The topological polar surface area (TPSA) is 279 Å². The minimum absolute atomic E-state index is 0.00951. The highest BCUT2D eigenvalue weighted by Crippen LogP contribution is 2.35. The van der Waals surface area contributed by atoms with E-state index in [2.05, 4.69) is 69.8 Å². The number of benzene rings is 6. The molecule has 422 valence electrons. The molecule has 2 N–H and O–H groups in total. The van der Waals surface area contributed by atoms with Crippen molar-refractivity contribution < 1.29 is 61.5 Å². The second-order valence-corrected chi connectivity index (χ2v) is 17.8. The summed E-state index contributed by atoms with van der Waals surface area (Å²) < 4.78 is 201. The van der Waals surface area contributed by atoms with Crippen molar-refractivity contribution in [2.24, 2.45) is 20.0 Å². The Morgan fingerprint density at radius 1 is 0.419 bits per heavy atom. The van der Waals surface area contributed by atoms with Crippen LogP contribution in [0.1, 0.15) is 52.7 Å². The van der Waals surface area contributed by atoms with Gasteiger partial charge in [0.1, 0.15) is 51.0 Å². The number of imidazole rings is 2. The fraction of sp³-hybridized carbons (Fsp3) is 0.0741. The van der Waals surface area contributed by atoms with Crippen LogP contribution in [0, 0.1) is 127 Å². The predicted molar refractivity (Wildman–Crippen MR) is 259 cm³/mol. The van der Waals surface area contributed by atoms with Crippen molar-refractivity contribution in [1.29, 1.82) is 21.0 Å². The lowest BCUT2D eigenvalue weighted by Crippen LogP contribution is -2.24. The molecule has 0 amide bonds. The average Bonchev–Trinajstić information content (AvgIpc) is 1.46. The molecular weight excluding hydrogens is 1170 g/mol. The Morgan fingerprint density at radius 3 is 1.31 bits per heavy atom. The minimum Gasteiger partial charge on any atom is -0.340 e. The summed E-state index contributed by atoms with van der Waals surface area (Å²) in [7, 11) is 0. The molecular formula is C54H18F14N18. The molecule has 18 nitrogen and oxygen atoms in total. The van der Waals surface area contributed by atoms with E-state index in [1.807, 2.05) is 0 Å². The number of aromatic nitrogens is 10. The fourth-order valence-electron chi connectivity index (χ4n) is 8.63. The Kier molecular flexibility index (Phi) is 14.2. The normalized spacial score (nSPS) is 14.6. The van der Waals surface area contributed by atoms with Gasteiger partial charge in [-0.05, 0) is 48.5 Å². The summed E-state index contributed by atoms with van der Waals surface area (Å²) in [4.78, 5) is 52.9. The first-order valence-corrected chi connectivity index (χ1v) is 23.8. The lowest BCUT2D eigenvalue weighted by Gasteiger charge is -2.14. The monoisotopic (exact) mass is 1180 g/mol. The van der Waals surface area contributed by atoms with E-state index in [4.69, 9.17) is 0 Å². The average molecular weight is 1180 g/mol. The van der Waals surface area contributed by atoms with Crippen LogP contribution in [0.4, 0.5) is 61.5 Å². The van der Waals surface area contributed by atoms with Gasteiger partial charge >= 0.3 is 0 Å². The van der Waals surface area contributed by atoms with E-state index in [0.29, 0.717) is 0 Å². The third-order valence-electron chi connectivity index (χ3n) is 12.7. The molecule has 6 heterocycles. The Morgan fingerprint density at radius 2 is 0.860 bits per heavy atom. The molecule has 0 spiro atoms. The first-order chi connectivity index (χ1) is 41.2. The van der Waals surface area contributed by atoms with Crippen LogP contribution < -0.4 is 21.4 Å². The lowest BCUT2D eigenvalue weighted by molar-refractivity contribution is 0.380. The van der Waals surface area contributed by atoms with Crippen LogP contribution in [0.25, 0.3) is 50.4 Å². The highest BCUT2D eigenvalue weighted by molar-refractivity contribution is 5.78. The third-order valence-corrected chi connectivity index (χ3v) is 12.7. The number of nitrogens with zero attached hydrogens (tertiary/aromatic N) is 16. The van der Waals surface area contributed by atoms with Gasteiger partial charge in [-0.25, -0.2) is 111 Å². The number of hydrogen-bond donors (Lipinski definition) is 2. The van der Waals surface area contributed by atoms with E-state index in [1.165, 1.54) is 48.5 Å². The Balaban J connectivity index is 0.000000179. The second-order valence-electron chi connectivity index (χ2n) is 17.8. The van der Waals surface area contributed by atoms with Crippen molar-refractivity contribution in [1.82, 2.24) is 49.8 Å². The minimum atomic E-state index is -2.45. The number of nitriles is 4. The Bertz CT molecular complexity index is 4910. The zero-order valence-corrected chi connectivity index (χ0v) is 41.7. The van der Waals surface area contributed by atoms with Crippen LogP contribution in [-0.2, 0) is 0 Å². The van der Waals surface area contributed by atoms with Crippen LogP contribution in [0.2, 0.25) is 0 Å². The number of para-hydroxylation sites is 4. The summed E-state index contributed by atoms with van der Waals surface area (Å²) in [6, 6.07) is 22.4. The van der Waals surface area contributed by atoms with Gasteiger partial charge in [-0.3, -0.25) is 9.98 Å². The van der Waals surface area contributed by atoms with Crippen molar-refractivity contribution in [3.05, 3.63) is 216 Å². The van der Waals surface area contributed by atoms with E-state index in [0.717, 1.165) is 24.3 Å². The molecule has 0 fully saturated rings. The zero-order valence-electron chi connectivity index (χ0n) is 41.7. The number of fused-ring (bicyclic) bond motifs is 4. The molecule has 0 aliphatic carbocycles. The lowest BCUT2D eigenvalue weighted by atomic mass is 10.1. The van der Waals surface area contributed by atoms with Gasteiger partial charge in [-0.2, -0.15) is 21.0 Å². The number of nitrogens with one attached hydrogen (secondary N) is 2. The van der Waals surface area contributed by atoms with Crippen molar-refractivity contribution in [2.75, 3.05) is 0 Å². The van der Waals surface area contributed by atoms with Crippen molar-refractivity contribution in [3.63, 3.8) is 0 Å². The molecule has 0 bridgehead atoms. The number of halogens is 14. The molecule has 6 aromatic carbocycles. The molecule has 2 aliphatic rings. The van der Waals surface area contributed by atoms with E-state index in [1.54, 1.807) is 24.3 Å². The summed E-state index contributed by atoms with van der Waals surface area (Å²) in [5.74, 6) is -37.3. The van der Waals surface area contributed by atoms with E-state index >= 15 is 0 Å². The van der Waals surface area contributed by atoms with E-state index in [9.17, 15) is 82.5 Å².